The van der Waals surface area contributed by atoms with Gasteiger partial charge in [-0.15, -0.1) is 0 Å². The lowest BCUT2D eigenvalue weighted by molar-refractivity contribution is -0.133. The third kappa shape index (κ3) is 3.42. The highest BCUT2D eigenvalue weighted by molar-refractivity contribution is 5.81. The summed E-state index contributed by atoms with van der Waals surface area (Å²) in [5.41, 5.74) is 0.350. The number of hydrogen-bond donors (Lipinski definition) is 0. The van der Waals surface area contributed by atoms with Gasteiger partial charge in [0.15, 0.2) is 0 Å². The molecular weight excluding hydrogens is 244 g/mol. The summed E-state index contributed by atoms with van der Waals surface area (Å²) in [5, 5.41) is 8.81. The summed E-state index contributed by atoms with van der Waals surface area (Å²) >= 11 is 0. The number of ether oxygens (including phenoxy) is 1. The molecule has 0 unspecified atom stereocenters. The molecule has 0 spiro atoms. The largest absolute Gasteiger partial charge is 0.378 e. The molecule has 0 bridgehead atoms. The molecule has 1 aliphatic rings. The number of nitriles is 1. The predicted octanol–water partition coefficient (Wildman–Crippen LogP) is 0.248. The smallest absolute Gasteiger partial charge is 0.242 e. The van der Waals surface area contributed by atoms with Gasteiger partial charge in [-0.05, 0) is 12.1 Å². The van der Waals surface area contributed by atoms with Crippen LogP contribution in [0.25, 0.3) is 0 Å². The molecule has 1 aromatic heterocycles. The zero-order valence-electron chi connectivity index (χ0n) is 10.9. The zero-order valence-corrected chi connectivity index (χ0v) is 10.9. The molecule has 0 radical (unpaired) electrons. The Balaban J connectivity index is 1.97. The highest BCUT2D eigenvalue weighted by Crippen LogP contribution is 2.10. The third-order valence-electron chi connectivity index (χ3n) is 2.98. The number of nitrogens with zero attached hydrogens (tertiary/aromatic N) is 4. The maximum absolute atomic E-state index is 12.1. The predicted molar refractivity (Wildman–Crippen MR) is 69.6 cm³/mol. The summed E-state index contributed by atoms with van der Waals surface area (Å²) in [6.45, 7) is 2.72. The highest BCUT2D eigenvalue weighted by Gasteiger charge is 2.18. The van der Waals surface area contributed by atoms with E-state index in [0.717, 1.165) is 0 Å². The molecule has 1 amide bonds. The molecule has 19 heavy (non-hydrogen) atoms. The summed E-state index contributed by atoms with van der Waals surface area (Å²) in [4.78, 5) is 19.8. The summed E-state index contributed by atoms with van der Waals surface area (Å²) in [6.07, 6.45) is 0. The molecule has 1 saturated heterocycles. The Morgan fingerprint density at radius 3 is 2.95 bits per heavy atom. The van der Waals surface area contributed by atoms with Crippen LogP contribution in [0.15, 0.2) is 18.2 Å². The molecule has 1 fully saturated rings. The Morgan fingerprint density at radius 1 is 1.53 bits per heavy atom. The van der Waals surface area contributed by atoms with Crippen molar-refractivity contribution in [3.05, 3.63) is 23.9 Å². The molecule has 2 rings (SSSR count). The second kappa shape index (κ2) is 6.16. The fraction of sp³-hybridized carbons (Fsp3) is 0.462. The van der Waals surface area contributed by atoms with Gasteiger partial charge < -0.3 is 14.5 Å². The van der Waals surface area contributed by atoms with Gasteiger partial charge in [0.1, 0.15) is 17.6 Å². The number of carbonyl (C=O) groups excluding carboxylic acids is 1. The topological polar surface area (TPSA) is 69.5 Å². The van der Waals surface area contributed by atoms with Crippen molar-refractivity contribution in [2.24, 2.45) is 0 Å². The average Bonchev–Trinajstić information content (AvgIpc) is 2.48. The van der Waals surface area contributed by atoms with Crippen LogP contribution in [0.1, 0.15) is 5.69 Å². The Hall–Kier alpha value is -2.13. The average molecular weight is 260 g/mol. The lowest BCUT2D eigenvalue weighted by Crippen LogP contribution is -2.45. The van der Waals surface area contributed by atoms with Crippen molar-refractivity contribution in [2.45, 2.75) is 0 Å². The van der Waals surface area contributed by atoms with Crippen LogP contribution in [0.2, 0.25) is 0 Å². The van der Waals surface area contributed by atoms with Gasteiger partial charge >= 0.3 is 0 Å². The van der Waals surface area contributed by atoms with Crippen molar-refractivity contribution in [3.63, 3.8) is 0 Å². The van der Waals surface area contributed by atoms with E-state index in [0.29, 0.717) is 37.8 Å². The van der Waals surface area contributed by atoms with Crippen LogP contribution < -0.4 is 4.90 Å². The van der Waals surface area contributed by atoms with Crippen molar-refractivity contribution in [3.8, 4) is 6.07 Å². The Kier molecular flexibility index (Phi) is 4.31. The second-order valence-electron chi connectivity index (χ2n) is 4.34. The van der Waals surface area contributed by atoms with Crippen molar-refractivity contribution in [1.82, 2.24) is 9.88 Å². The van der Waals surface area contributed by atoms with E-state index in [-0.39, 0.29) is 12.5 Å². The molecule has 1 aliphatic heterocycles. The molecule has 0 aliphatic carbocycles. The van der Waals surface area contributed by atoms with Gasteiger partial charge in [0, 0.05) is 20.1 Å². The van der Waals surface area contributed by atoms with E-state index in [9.17, 15) is 4.79 Å². The van der Waals surface area contributed by atoms with E-state index in [4.69, 9.17) is 10.00 Å². The van der Waals surface area contributed by atoms with E-state index in [1.807, 2.05) is 6.07 Å². The van der Waals surface area contributed by atoms with E-state index in [2.05, 4.69) is 4.98 Å². The van der Waals surface area contributed by atoms with Crippen molar-refractivity contribution in [1.29, 1.82) is 5.26 Å². The molecule has 2 heterocycles. The first-order valence-electron chi connectivity index (χ1n) is 6.14. The molecule has 0 N–H and O–H groups in total. The van der Waals surface area contributed by atoms with E-state index in [1.54, 1.807) is 35.0 Å². The first-order chi connectivity index (χ1) is 9.20. The number of carbonyl (C=O) groups is 1. The lowest BCUT2D eigenvalue weighted by Gasteiger charge is -2.29. The van der Waals surface area contributed by atoms with Crippen LogP contribution in [-0.2, 0) is 9.53 Å². The standard InChI is InChI=1S/C13H16N4O2/c1-16(12-4-2-3-11(9-14)15-12)10-13(18)17-5-7-19-8-6-17/h2-4H,5-8,10H2,1H3. The monoisotopic (exact) mass is 260 g/mol. The van der Waals surface area contributed by atoms with Crippen molar-refractivity contribution in [2.75, 3.05) is 44.8 Å². The minimum absolute atomic E-state index is 0.0509. The van der Waals surface area contributed by atoms with E-state index >= 15 is 0 Å². The quantitative estimate of drug-likeness (QED) is 0.779. The number of anilines is 1. The number of hydrogen-bond acceptors (Lipinski definition) is 5. The SMILES string of the molecule is CN(CC(=O)N1CCOCC1)c1cccc(C#N)n1. The molecule has 1 aromatic rings. The Labute approximate surface area is 112 Å². The van der Waals surface area contributed by atoms with Gasteiger partial charge in [0.25, 0.3) is 0 Å². The summed E-state index contributed by atoms with van der Waals surface area (Å²) in [7, 11) is 1.79. The number of aromatic nitrogens is 1. The van der Waals surface area contributed by atoms with Gasteiger partial charge in [-0.25, -0.2) is 4.98 Å². The van der Waals surface area contributed by atoms with Crippen LogP contribution in [0.4, 0.5) is 5.82 Å². The fourth-order valence-electron chi connectivity index (χ4n) is 1.89. The highest BCUT2D eigenvalue weighted by atomic mass is 16.5. The van der Waals surface area contributed by atoms with Crippen LogP contribution >= 0.6 is 0 Å². The van der Waals surface area contributed by atoms with Crippen LogP contribution in [0.3, 0.4) is 0 Å². The summed E-state index contributed by atoms with van der Waals surface area (Å²) in [6, 6.07) is 7.17. The van der Waals surface area contributed by atoms with Crippen LogP contribution in [-0.4, -0.2) is 55.7 Å². The van der Waals surface area contributed by atoms with Gasteiger partial charge in [-0.3, -0.25) is 4.79 Å². The molecule has 100 valence electrons. The van der Waals surface area contributed by atoms with Crippen LogP contribution in [0, 0.1) is 11.3 Å². The van der Waals surface area contributed by atoms with Gasteiger partial charge in [0.2, 0.25) is 5.91 Å². The minimum Gasteiger partial charge on any atom is -0.378 e. The molecule has 0 saturated carbocycles. The first-order valence-corrected chi connectivity index (χ1v) is 6.14. The second-order valence-corrected chi connectivity index (χ2v) is 4.34. The Morgan fingerprint density at radius 2 is 2.26 bits per heavy atom. The number of morpholine rings is 1. The lowest BCUT2D eigenvalue weighted by atomic mass is 10.3. The number of amides is 1. The molecule has 6 heteroatoms. The Bertz CT molecular complexity index is 492. The molecule has 6 nitrogen and oxygen atoms in total. The van der Waals surface area contributed by atoms with E-state index in [1.165, 1.54) is 0 Å². The maximum Gasteiger partial charge on any atom is 0.242 e. The number of rotatable bonds is 3. The maximum atomic E-state index is 12.1. The first kappa shape index (κ1) is 13.3. The zero-order chi connectivity index (χ0) is 13.7. The molecular formula is C13H16N4O2. The van der Waals surface area contributed by atoms with Gasteiger partial charge in [0.05, 0.1) is 19.8 Å². The van der Waals surface area contributed by atoms with Crippen molar-refractivity contribution < 1.29 is 9.53 Å². The summed E-state index contributed by atoms with van der Waals surface area (Å²) < 4.78 is 5.21. The molecule has 0 aromatic carbocycles. The fourth-order valence-corrected chi connectivity index (χ4v) is 1.89. The molecule has 0 atom stereocenters. The van der Waals surface area contributed by atoms with Crippen molar-refractivity contribution >= 4 is 11.7 Å². The number of pyridine rings is 1. The van der Waals surface area contributed by atoms with Crippen LogP contribution in [0.5, 0.6) is 0 Å². The van der Waals surface area contributed by atoms with Gasteiger partial charge in [-0.1, -0.05) is 6.07 Å². The minimum atomic E-state index is 0.0509. The normalized spacial score (nSPS) is 14.8. The summed E-state index contributed by atoms with van der Waals surface area (Å²) in [5.74, 6) is 0.677. The number of likely N-dealkylation sites (N-methyl/N-ethyl adjacent to an activating group) is 1. The third-order valence-corrected chi connectivity index (χ3v) is 2.98. The van der Waals surface area contributed by atoms with E-state index < -0.39 is 0 Å². The van der Waals surface area contributed by atoms with Gasteiger partial charge in [-0.2, -0.15) is 5.26 Å².